The Kier molecular flexibility index (Phi) is 3.83. The summed E-state index contributed by atoms with van der Waals surface area (Å²) in [4.78, 5) is 2.66. The molecule has 19 heavy (non-hydrogen) atoms. The molecule has 1 atom stereocenters. The molecule has 1 saturated carbocycles. The fourth-order valence-electron chi connectivity index (χ4n) is 3.08. The summed E-state index contributed by atoms with van der Waals surface area (Å²) in [5.41, 5.74) is 2.17. The van der Waals surface area contributed by atoms with Crippen LogP contribution in [0, 0.1) is 12.8 Å². The van der Waals surface area contributed by atoms with E-state index < -0.39 is 0 Å². The van der Waals surface area contributed by atoms with Gasteiger partial charge in [0.05, 0.1) is 5.69 Å². The molecule has 0 aromatic carbocycles. The van der Waals surface area contributed by atoms with Crippen molar-refractivity contribution in [2.24, 2.45) is 13.0 Å². The monoisotopic (exact) mass is 282 g/mol. The molecule has 0 radical (unpaired) electrons. The number of likely N-dealkylation sites (tertiary alicyclic amines) is 1. The van der Waals surface area contributed by atoms with Gasteiger partial charge in [0.2, 0.25) is 0 Å². The van der Waals surface area contributed by atoms with Gasteiger partial charge in [0, 0.05) is 31.7 Å². The lowest BCUT2D eigenvalue weighted by Crippen LogP contribution is -2.27. The van der Waals surface area contributed by atoms with Gasteiger partial charge in [0.15, 0.2) is 0 Å². The number of halogens is 1. The van der Waals surface area contributed by atoms with Crippen molar-refractivity contribution in [1.29, 1.82) is 0 Å². The quantitative estimate of drug-likeness (QED) is 0.896. The highest BCUT2D eigenvalue weighted by atomic mass is 35.5. The molecule has 0 bridgehead atoms. The zero-order chi connectivity index (χ0) is 13.4. The standard InChI is InChI=1S/C14H23ClN4/c1-10-13(14(15)18(2)17-10)8-16-7-11-5-6-19(9-11)12-3-4-12/h11-12,16H,3-9H2,1-2H3. The molecule has 1 saturated heterocycles. The summed E-state index contributed by atoms with van der Waals surface area (Å²) in [6.45, 7) is 6.51. The Hall–Kier alpha value is -0.580. The van der Waals surface area contributed by atoms with E-state index >= 15 is 0 Å². The number of hydrogen-bond donors (Lipinski definition) is 1. The van der Waals surface area contributed by atoms with Crippen molar-refractivity contribution in [1.82, 2.24) is 20.0 Å². The Balaban J connectivity index is 1.45. The minimum Gasteiger partial charge on any atom is -0.312 e. The van der Waals surface area contributed by atoms with E-state index in [0.717, 1.165) is 41.5 Å². The third-order valence-electron chi connectivity index (χ3n) is 4.39. The zero-order valence-electron chi connectivity index (χ0n) is 11.8. The highest BCUT2D eigenvalue weighted by Crippen LogP contribution is 2.31. The molecule has 1 aliphatic carbocycles. The van der Waals surface area contributed by atoms with Crippen LogP contribution in [0.25, 0.3) is 0 Å². The molecular formula is C14H23ClN4. The summed E-state index contributed by atoms with van der Waals surface area (Å²) in [6.07, 6.45) is 4.18. The summed E-state index contributed by atoms with van der Waals surface area (Å²) in [7, 11) is 1.89. The Morgan fingerprint density at radius 3 is 2.79 bits per heavy atom. The average molecular weight is 283 g/mol. The lowest BCUT2D eigenvalue weighted by atomic mass is 10.1. The maximum Gasteiger partial charge on any atom is 0.131 e. The third-order valence-corrected chi connectivity index (χ3v) is 4.86. The Bertz CT molecular complexity index is 453. The van der Waals surface area contributed by atoms with Gasteiger partial charge in [-0.05, 0) is 45.2 Å². The molecule has 1 aromatic heterocycles. The molecule has 5 heteroatoms. The van der Waals surface area contributed by atoms with Crippen LogP contribution in [0.15, 0.2) is 0 Å². The van der Waals surface area contributed by atoms with Crippen molar-refractivity contribution in [3.8, 4) is 0 Å². The average Bonchev–Trinajstić information content (AvgIpc) is 3.08. The van der Waals surface area contributed by atoms with E-state index in [1.54, 1.807) is 4.68 Å². The van der Waals surface area contributed by atoms with Crippen LogP contribution in [0.2, 0.25) is 5.15 Å². The SMILES string of the molecule is Cc1nn(C)c(Cl)c1CNCC1CCN(C2CC2)C1. The summed E-state index contributed by atoms with van der Waals surface area (Å²) in [6, 6.07) is 0.917. The predicted octanol–water partition coefficient (Wildman–Crippen LogP) is 1.96. The van der Waals surface area contributed by atoms with Gasteiger partial charge in [-0.15, -0.1) is 0 Å². The molecule has 2 heterocycles. The van der Waals surface area contributed by atoms with E-state index in [4.69, 9.17) is 11.6 Å². The van der Waals surface area contributed by atoms with Crippen LogP contribution in [0.3, 0.4) is 0 Å². The molecule has 0 spiro atoms. The number of nitrogens with zero attached hydrogens (tertiary/aromatic N) is 3. The minimum absolute atomic E-state index is 0.760. The van der Waals surface area contributed by atoms with Gasteiger partial charge >= 0.3 is 0 Å². The van der Waals surface area contributed by atoms with Gasteiger partial charge in [0.25, 0.3) is 0 Å². The molecule has 1 N–H and O–H groups in total. The summed E-state index contributed by atoms with van der Waals surface area (Å²) < 4.78 is 1.75. The van der Waals surface area contributed by atoms with Gasteiger partial charge < -0.3 is 10.2 Å². The normalized spacial score (nSPS) is 24.3. The fourth-order valence-corrected chi connectivity index (χ4v) is 3.32. The van der Waals surface area contributed by atoms with Crippen molar-refractivity contribution in [2.75, 3.05) is 19.6 Å². The highest BCUT2D eigenvalue weighted by Gasteiger charge is 2.34. The van der Waals surface area contributed by atoms with Gasteiger partial charge in [-0.2, -0.15) is 5.10 Å². The first-order valence-electron chi connectivity index (χ1n) is 7.28. The topological polar surface area (TPSA) is 33.1 Å². The lowest BCUT2D eigenvalue weighted by molar-refractivity contribution is 0.312. The van der Waals surface area contributed by atoms with Crippen LogP contribution in [-0.4, -0.2) is 40.4 Å². The van der Waals surface area contributed by atoms with Gasteiger partial charge in [-0.1, -0.05) is 11.6 Å². The van der Waals surface area contributed by atoms with Crippen LogP contribution >= 0.6 is 11.6 Å². The van der Waals surface area contributed by atoms with Crippen LogP contribution in [-0.2, 0) is 13.6 Å². The maximum atomic E-state index is 6.23. The third kappa shape index (κ3) is 2.96. The van der Waals surface area contributed by atoms with E-state index in [2.05, 4.69) is 15.3 Å². The van der Waals surface area contributed by atoms with Gasteiger partial charge in [-0.25, -0.2) is 0 Å². The molecule has 0 amide bonds. The number of aryl methyl sites for hydroxylation is 2. The smallest absolute Gasteiger partial charge is 0.131 e. The van der Waals surface area contributed by atoms with Crippen LogP contribution < -0.4 is 5.32 Å². The largest absolute Gasteiger partial charge is 0.312 e. The van der Waals surface area contributed by atoms with E-state index in [1.165, 1.54) is 32.4 Å². The molecule has 106 valence electrons. The van der Waals surface area contributed by atoms with E-state index in [1.807, 2.05) is 14.0 Å². The first-order chi connectivity index (χ1) is 9.15. The van der Waals surface area contributed by atoms with E-state index in [0.29, 0.717) is 0 Å². The Morgan fingerprint density at radius 1 is 1.37 bits per heavy atom. The van der Waals surface area contributed by atoms with E-state index in [-0.39, 0.29) is 0 Å². The van der Waals surface area contributed by atoms with Crippen molar-refractivity contribution in [2.45, 2.75) is 38.8 Å². The molecule has 3 rings (SSSR count). The minimum atomic E-state index is 0.760. The van der Waals surface area contributed by atoms with Crippen LogP contribution in [0.5, 0.6) is 0 Å². The fraction of sp³-hybridized carbons (Fsp3) is 0.786. The van der Waals surface area contributed by atoms with Crippen molar-refractivity contribution in [3.05, 3.63) is 16.4 Å². The summed E-state index contributed by atoms with van der Waals surface area (Å²) in [5.74, 6) is 0.802. The second-order valence-electron chi connectivity index (χ2n) is 5.99. The van der Waals surface area contributed by atoms with Crippen molar-refractivity contribution < 1.29 is 0 Å². The summed E-state index contributed by atoms with van der Waals surface area (Å²) in [5, 5.41) is 8.66. The Labute approximate surface area is 120 Å². The number of rotatable bonds is 5. The molecular weight excluding hydrogens is 260 g/mol. The molecule has 2 aliphatic rings. The van der Waals surface area contributed by atoms with Crippen molar-refractivity contribution in [3.63, 3.8) is 0 Å². The van der Waals surface area contributed by atoms with Crippen LogP contribution in [0.4, 0.5) is 0 Å². The van der Waals surface area contributed by atoms with Gasteiger partial charge in [-0.3, -0.25) is 4.68 Å². The van der Waals surface area contributed by atoms with Crippen LogP contribution in [0.1, 0.15) is 30.5 Å². The molecule has 1 unspecified atom stereocenters. The Morgan fingerprint density at radius 2 is 2.16 bits per heavy atom. The highest BCUT2D eigenvalue weighted by molar-refractivity contribution is 6.30. The number of aromatic nitrogens is 2. The molecule has 1 aromatic rings. The molecule has 4 nitrogen and oxygen atoms in total. The summed E-state index contributed by atoms with van der Waals surface area (Å²) >= 11 is 6.23. The molecule has 1 aliphatic heterocycles. The van der Waals surface area contributed by atoms with Crippen molar-refractivity contribution >= 4 is 11.6 Å². The van der Waals surface area contributed by atoms with E-state index in [9.17, 15) is 0 Å². The first-order valence-corrected chi connectivity index (χ1v) is 7.65. The number of nitrogens with one attached hydrogen (secondary N) is 1. The maximum absolute atomic E-state index is 6.23. The number of hydrogen-bond acceptors (Lipinski definition) is 3. The van der Waals surface area contributed by atoms with Gasteiger partial charge in [0.1, 0.15) is 5.15 Å². The lowest BCUT2D eigenvalue weighted by Gasteiger charge is -2.15. The second kappa shape index (κ2) is 5.43. The predicted molar refractivity (Wildman–Crippen MR) is 77.4 cm³/mol. The zero-order valence-corrected chi connectivity index (χ0v) is 12.6. The first kappa shape index (κ1) is 13.4. The molecule has 2 fully saturated rings. The second-order valence-corrected chi connectivity index (χ2v) is 6.35.